The first-order valence-electron chi connectivity index (χ1n) is 12.9. The van der Waals surface area contributed by atoms with Crippen molar-refractivity contribution in [3.63, 3.8) is 0 Å². The van der Waals surface area contributed by atoms with Gasteiger partial charge in [0.1, 0.15) is 11.5 Å². The van der Waals surface area contributed by atoms with Crippen molar-refractivity contribution in [1.29, 1.82) is 0 Å². The fourth-order valence-electron chi connectivity index (χ4n) is 4.71. The van der Waals surface area contributed by atoms with Crippen molar-refractivity contribution in [2.24, 2.45) is 0 Å². The van der Waals surface area contributed by atoms with Crippen LogP contribution in [0.5, 0.6) is 5.75 Å². The molecule has 0 aliphatic carbocycles. The molecular weight excluding hydrogens is 452 g/mol. The fourth-order valence-corrected chi connectivity index (χ4v) is 4.71. The van der Waals surface area contributed by atoms with Crippen molar-refractivity contribution in [2.45, 2.75) is 59.9 Å². The topological polar surface area (TPSA) is 70.1 Å². The van der Waals surface area contributed by atoms with Gasteiger partial charge in [-0.1, -0.05) is 58.9 Å². The predicted octanol–water partition coefficient (Wildman–Crippen LogP) is 5.45. The van der Waals surface area contributed by atoms with E-state index in [1.54, 1.807) is 17.0 Å². The van der Waals surface area contributed by atoms with E-state index < -0.39 is 17.7 Å². The Bertz CT molecular complexity index is 1120. The van der Waals surface area contributed by atoms with E-state index in [9.17, 15) is 14.7 Å². The summed E-state index contributed by atoms with van der Waals surface area (Å²) in [7, 11) is 0. The number of ether oxygens (including phenoxy) is 1. The van der Waals surface area contributed by atoms with Gasteiger partial charge in [0, 0.05) is 18.7 Å². The highest BCUT2D eigenvalue weighted by atomic mass is 16.5. The van der Waals surface area contributed by atoms with E-state index >= 15 is 0 Å². The number of hydrogen-bond acceptors (Lipinski definition) is 5. The molecular formula is C30H40N2O4. The standard InChI is InChI=1S/C30H40N2O4/c1-8-31(9-2)17-18-32-26(21-11-13-22(14-12-21)30(5,6)7)25(28(34)29(32)35)27(33)24-16-15-23(36-10-3)19-20(24)4/h11-16,19,26,33H,8-10,17-18H2,1-7H3/t26-/m0/s1. The number of amides is 1. The number of ketones is 1. The van der Waals surface area contributed by atoms with E-state index in [-0.39, 0.29) is 16.7 Å². The highest BCUT2D eigenvalue weighted by Gasteiger charge is 2.46. The van der Waals surface area contributed by atoms with Gasteiger partial charge in [0.05, 0.1) is 18.2 Å². The Morgan fingerprint density at radius 3 is 2.19 bits per heavy atom. The highest BCUT2D eigenvalue weighted by Crippen LogP contribution is 2.40. The molecule has 36 heavy (non-hydrogen) atoms. The lowest BCUT2D eigenvalue weighted by Crippen LogP contribution is -2.38. The maximum Gasteiger partial charge on any atom is 0.295 e. The normalized spacial score (nSPS) is 17.8. The molecule has 1 fully saturated rings. The van der Waals surface area contributed by atoms with Crippen LogP contribution in [0.25, 0.3) is 5.76 Å². The molecule has 0 bridgehead atoms. The number of rotatable bonds is 9. The number of carbonyl (C=O) groups excluding carboxylic acids is 2. The lowest BCUT2D eigenvalue weighted by atomic mass is 9.85. The number of aryl methyl sites for hydroxylation is 1. The van der Waals surface area contributed by atoms with E-state index in [4.69, 9.17) is 4.74 Å². The number of carbonyl (C=O) groups is 2. The molecule has 0 spiro atoms. The van der Waals surface area contributed by atoms with Gasteiger partial charge in [-0.25, -0.2) is 0 Å². The summed E-state index contributed by atoms with van der Waals surface area (Å²) in [6.07, 6.45) is 0. The van der Waals surface area contributed by atoms with Gasteiger partial charge < -0.3 is 19.6 Å². The summed E-state index contributed by atoms with van der Waals surface area (Å²) in [6.45, 7) is 17.7. The maximum absolute atomic E-state index is 13.4. The molecule has 2 aromatic rings. The fraction of sp³-hybridized carbons (Fsp3) is 0.467. The van der Waals surface area contributed by atoms with E-state index in [0.717, 1.165) is 29.8 Å². The number of benzene rings is 2. The summed E-state index contributed by atoms with van der Waals surface area (Å²) in [5, 5.41) is 11.4. The Morgan fingerprint density at radius 1 is 1.03 bits per heavy atom. The molecule has 1 aliphatic heterocycles. The summed E-state index contributed by atoms with van der Waals surface area (Å²) >= 11 is 0. The predicted molar refractivity (Wildman–Crippen MR) is 144 cm³/mol. The van der Waals surface area contributed by atoms with Crippen LogP contribution in [-0.4, -0.2) is 59.4 Å². The largest absolute Gasteiger partial charge is 0.507 e. The third-order valence-corrected chi connectivity index (χ3v) is 6.95. The summed E-state index contributed by atoms with van der Waals surface area (Å²) in [6, 6.07) is 12.7. The van der Waals surface area contributed by atoms with Gasteiger partial charge in [-0.3, -0.25) is 9.59 Å². The minimum absolute atomic E-state index is 0.0253. The quantitative estimate of drug-likeness (QED) is 0.286. The lowest BCUT2D eigenvalue weighted by molar-refractivity contribution is -0.140. The molecule has 1 aliphatic rings. The zero-order valence-electron chi connectivity index (χ0n) is 22.7. The molecule has 6 nitrogen and oxygen atoms in total. The summed E-state index contributed by atoms with van der Waals surface area (Å²) in [5.41, 5.74) is 3.38. The molecule has 1 amide bonds. The van der Waals surface area contributed by atoms with Crippen LogP contribution in [-0.2, 0) is 15.0 Å². The van der Waals surface area contributed by atoms with Crippen LogP contribution in [0.4, 0.5) is 0 Å². The van der Waals surface area contributed by atoms with Crippen molar-refractivity contribution in [3.8, 4) is 5.75 Å². The summed E-state index contributed by atoms with van der Waals surface area (Å²) < 4.78 is 5.58. The van der Waals surface area contributed by atoms with E-state index in [1.165, 1.54) is 0 Å². The Kier molecular flexibility index (Phi) is 8.62. The van der Waals surface area contributed by atoms with Crippen molar-refractivity contribution < 1.29 is 19.4 Å². The van der Waals surface area contributed by atoms with Gasteiger partial charge in [-0.2, -0.15) is 0 Å². The molecule has 3 rings (SSSR count). The first kappa shape index (κ1) is 27.5. The average Bonchev–Trinajstić information content (AvgIpc) is 3.09. The van der Waals surface area contributed by atoms with Crippen LogP contribution in [0, 0.1) is 6.92 Å². The van der Waals surface area contributed by atoms with Crippen LogP contribution in [0.3, 0.4) is 0 Å². The second-order valence-corrected chi connectivity index (χ2v) is 10.3. The van der Waals surface area contributed by atoms with Gasteiger partial charge in [-0.05, 0) is 67.2 Å². The molecule has 1 N–H and O–H groups in total. The molecule has 1 saturated heterocycles. The van der Waals surface area contributed by atoms with Crippen LogP contribution >= 0.6 is 0 Å². The van der Waals surface area contributed by atoms with Crippen LogP contribution in [0.2, 0.25) is 0 Å². The van der Waals surface area contributed by atoms with Crippen LogP contribution in [0.1, 0.15) is 69.8 Å². The van der Waals surface area contributed by atoms with Crippen molar-refractivity contribution in [3.05, 3.63) is 70.3 Å². The number of aliphatic hydroxyl groups excluding tert-OH is 1. The monoisotopic (exact) mass is 492 g/mol. The minimum Gasteiger partial charge on any atom is -0.507 e. The molecule has 194 valence electrons. The molecule has 2 aromatic carbocycles. The lowest BCUT2D eigenvalue weighted by Gasteiger charge is -2.29. The molecule has 0 aromatic heterocycles. The minimum atomic E-state index is -0.652. The first-order valence-corrected chi connectivity index (χ1v) is 12.9. The second kappa shape index (κ2) is 11.3. The van der Waals surface area contributed by atoms with E-state index in [0.29, 0.717) is 31.0 Å². The van der Waals surface area contributed by atoms with Gasteiger partial charge in [0.25, 0.3) is 11.7 Å². The summed E-state index contributed by atoms with van der Waals surface area (Å²) in [4.78, 5) is 30.5. The molecule has 1 heterocycles. The number of likely N-dealkylation sites (N-methyl/N-ethyl adjacent to an activating group) is 1. The van der Waals surface area contributed by atoms with Crippen molar-refractivity contribution >= 4 is 17.4 Å². The molecule has 6 heteroatoms. The Hall–Kier alpha value is -3.12. The number of aliphatic hydroxyl groups is 1. The van der Waals surface area contributed by atoms with Crippen LogP contribution < -0.4 is 4.74 Å². The van der Waals surface area contributed by atoms with Crippen LogP contribution in [0.15, 0.2) is 48.0 Å². The number of hydrogen-bond donors (Lipinski definition) is 1. The molecule has 1 atom stereocenters. The Balaban J connectivity index is 2.13. The summed E-state index contributed by atoms with van der Waals surface area (Å²) in [5.74, 6) is -0.674. The van der Waals surface area contributed by atoms with Gasteiger partial charge in [0.2, 0.25) is 0 Å². The smallest absolute Gasteiger partial charge is 0.295 e. The zero-order chi connectivity index (χ0) is 26.6. The number of Topliss-reactive ketones (excluding diaryl/α,β-unsaturated/α-hetero) is 1. The first-order chi connectivity index (χ1) is 17.0. The van der Waals surface area contributed by atoms with Gasteiger partial charge in [0.15, 0.2) is 0 Å². The molecule has 0 saturated carbocycles. The van der Waals surface area contributed by atoms with E-state index in [2.05, 4.69) is 39.5 Å². The molecule has 0 radical (unpaired) electrons. The Morgan fingerprint density at radius 2 is 1.67 bits per heavy atom. The van der Waals surface area contributed by atoms with Crippen molar-refractivity contribution in [2.75, 3.05) is 32.8 Å². The zero-order valence-corrected chi connectivity index (χ0v) is 22.7. The third kappa shape index (κ3) is 5.65. The SMILES string of the molecule is CCOc1ccc(C(O)=C2C(=O)C(=O)N(CCN(CC)CC)[C@H]2c2ccc(C(C)(C)C)cc2)c(C)c1. The Labute approximate surface area is 215 Å². The highest BCUT2D eigenvalue weighted by molar-refractivity contribution is 6.46. The number of likely N-dealkylation sites (tertiary alicyclic amines) is 1. The van der Waals surface area contributed by atoms with Gasteiger partial charge in [-0.15, -0.1) is 0 Å². The second-order valence-electron chi connectivity index (χ2n) is 10.3. The third-order valence-electron chi connectivity index (χ3n) is 6.95. The average molecular weight is 493 g/mol. The van der Waals surface area contributed by atoms with E-state index in [1.807, 2.05) is 44.2 Å². The molecule has 0 unspecified atom stereocenters. The van der Waals surface area contributed by atoms with Gasteiger partial charge >= 0.3 is 0 Å². The number of nitrogens with zero attached hydrogens (tertiary/aromatic N) is 2. The van der Waals surface area contributed by atoms with Crippen molar-refractivity contribution in [1.82, 2.24) is 9.80 Å². The maximum atomic E-state index is 13.4.